The zero-order valence-electron chi connectivity index (χ0n) is 16.7. The van der Waals surface area contributed by atoms with Crippen LogP contribution < -0.4 is 5.32 Å². The van der Waals surface area contributed by atoms with Gasteiger partial charge < -0.3 is 5.11 Å². The van der Waals surface area contributed by atoms with Crippen molar-refractivity contribution in [2.45, 2.75) is 58.7 Å². The number of imide groups is 1. The van der Waals surface area contributed by atoms with Gasteiger partial charge >= 0.3 is 5.97 Å². The Hall–Kier alpha value is -2.21. The Kier molecular flexibility index (Phi) is 4.46. The fourth-order valence-electron chi connectivity index (χ4n) is 4.78. The van der Waals surface area contributed by atoms with Gasteiger partial charge in [-0.2, -0.15) is 0 Å². The van der Waals surface area contributed by atoms with E-state index in [2.05, 4.69) is 5.32 Å². The predicted octanol–water partition coefficient (Wildman–Crippen LogP) is 2.52. The Morgan fingerprint density at radius 3 is 2.26 bits per heavy atom. The molecule has 2 amide bonds. The molecule has 2 N–H and O–H groups in total. The molecule has 0 spiro atoms. The summed E-state index contributed by atoms with van der Waals surface area (Å²) in [4.78, 5) is 40.4. The second kappa shape index (κ2) is 6.16. The summed E-state index contributed by atoms with van der Waals surface area (Å²) < 4.78 is 0. The largest absolute Gasteiger partial charge is 0.480 e. The summed E-state index contributed by atoms with van der Waals surface area (Å²) in [6.45, 7) is 10.9. The molecule has 0 aliphatic carbocycles. The van der Waals surface area contributed by atoms with Crippen LogP contribution >= 0.6 is 0 Å². The van der Waals surface area contributed by atoms with Gasteiger partial charge in [-0.15, -0.1) is 0 Å². The molecule has 2 aliphatic rings. The van der Waals surface area contributed by atoms with E-state index in [-0.39, 0.29) is 11.8 Å². The Labute approximate surface area is 159 Å². The highest BCUT2D eigenvalue weighted by molar-refractivity contribution is 6.10. The number of benzene rings is 1. The SMILES string of the molecule is Cc1ccccc1C1NC(C(=O)O)(C(C)C)C2C(=O)N(C(C)(C)C)C(=O)C12. The Bertz CT molecular complexity index is 811. The molecule has 0 radical (unpaired) electrons. The van der Waals surface area contributed by atoms with Crippen LogP contribution in [0.4, 0.5) is 0 Å². The van der Waals surface area contributed by atoms with E-state index in [1.54, 1.807) is 34.6 Å². The highest BCUT2D eigenvalue weighted by Gasteiger charge is 2.70. The van der Waals surface area contributed by atoms with Crippen LogP contribution in [0.15, 0.2) is 24.3 Å². The number of hydrogen-bond donors (Lipinski definition) is 2. The van der Waals surface area contributed by atoms with E-state index in [9.17, 15) is 19.5 Å². The zero-order chi connectivity index (χ0) is 20.3. The summed E-state index contributed by atoms with van der Waals surface area (Å²) in [5, 5.41) is 13.4. The van der Waals surface area contributed by atoms with Crippen LogP contribution in [-0.2, 0) is 14.4 Å². The predicted molar refractivity (Wildman–Crippen MR) is 101 cm³/mol. The molecule has 0 saturated carbocycles. The van der Waals surface area contributed by atoms with Crippen LogP contribution in [0.5, 0.6) is 0 Å². The second-order valence-corrected chi connectivity index (χ2v) is 8.99. The van der Waals surface area contributed by atoms with Gasteiger partial charge in [0.05, 0.1) is 11.8 Å². The number of carboxylic acids is 1. The summed E-state index contributed by atoms with van der Waals surface area (Å²) in [5.41, 5.74) is -0.346. The molecule has 0 bridgehead atoms. The number of likely N-dealkylation sites (tertiary alicyclic amines) is 1. The van der Waals surface area contributed by atoms with Gasteiger partial charge in [0, 0.05) is 11.6 Å². The minimum absolute atomic E-state index is 0.290. The van der Waals surface area contributed by atoms with E-state index in [0.29, 0.717) is 0 Å². The molecule has 2 saturated heterocycles. The normalized spacial score (nSPS) is 30.9. The number of carbonyl (C=O) groups is 3. The molecule has 1 aromatic rings. The van der Waals surface area contributed by atoms with Gasteiger partial charge in [-0.05, 0) is 44.7 Å². The van der Waals surface area contributed by atoms with Crippen LogP contribution in [0.3, 0.4) is 0 Å². The van der Waals surface area contributed by atoms with Crippen molar-refractivity contribution in [1.29, 1.82) is 0 Å². The smallest absolute Gasteiger partial charge is 0.325 e. The van der Waals surface area contributed by atoms with Crippen LogP contribution in [-0.4, -0.2) is 38.9 Å². The monoisotopic (exact) mass is 372 g/mol. The highest BCUT2D eigenvalue weighted by atomic mass is 16.4. The van der Waals surface area contributed by atoms with Crippen LogP contribution in [0.2, 0.25) is 0 Å². The van der Waals surface area contributed by atoms with Gasteiger partial charge in [-0.3, -0.25) is 24.6 Å². The first-order valence-corrected chi connectivity index (χ1v) is 9.39. The molecule has 146 valence electrons. The second-order valence-electron chi connectivity index (χ2n) is 8.99. The minimum Gasteiger partial charge on any atom is -0.480 e. The van der Waals surface area contributed by atoms with Crippen LogP contribution in [0.1, 0.15) is 51.8 Å². The third-order valence-corrected chi connectivity index (χ3v) is 6.05. The highest BCUT2D eigenvalue weighted by Crippen LogP contribution is 2.52. The summed E-state index contributed by atoms with van der Waals surface area (Å²) in [6, 6.07) is 7.10. The molecule has 0 aromatic heterocycles. The Morgan fingerprint density at radius 2 is 1.78 bits per heavy atom. The van der Waals surface area contributed by atoms with Gasteiger partial charge in [-0.25, -0.2) is 0 Å². The maximum absolute atomic E-state index is 13.3. The molecule has 1 aromatic carbocycles. The fraction of sp³-hybridized carbons (Fsp3) is 0.571. The third kappa shape index (κ3) is 2.61. The van der Waals surface area contributed by atoms with E-state index in [1.807, 2.05) is 31.2 Å². The summed E-state index contributed by atoms with van der Waals surface area (Å²) in [5.74, 6) is -3.78. The van der Waals surface area contributed by atoms with Crippen molar-refractivity contribution in [2.24, 2.45) is 17.8 Å². The molecule has 6 nitrogen and oxygen atoms in total. The van der Waals surface area contributed by atoms with E-state index < -0.39 is 40.8 Å². The lowest BCUT2D eigenvalue weighted by molar-refractivity contribution is -0.155. The van der Waals surface area contributed by atoms with Gasteiger partial charge in [0.15, 0.2) is 0 Å². The number of aliphatic carboxylic acids is 1. The number of carbonyl (C=O) groups excluding carboxylic acids is 2. The summed E-state index contributed by atoms with van der Waals surface area (Å²) in [7, 11) is 0. The van der Waals surface area contributed by atoms with Gasteiger partial charge in [0.2, 0.25) is 11.8 Å². The van der Waals surface area contributed by atoms with Crippen molar-refractivity contribution in [1.82, 2.24) is 10.2 Å². The van der Waals surface area contributed by atoms with Gasteiger partial charge in [0.1, 0.15) is 5.54 Å². The quantitative estimate of drug-likeness (QED) is 0.796. The first-order chi connectivity index (χ1) is 12.4. The molecule has 3 rings (SSSR count). The maximum Gasteiger partial charge on any atom is 0.325 e. The lowest BCUT2D eigenvalue weighted by Gasteiger charge is -2.37. The molecule has 2 fully saturated rings. The maximum atomic E-state index is 13.3. The third-order valence-electron chi connectivity index (χ3n) is 6.05. The topological polar surface area (TPSA) is 86.7 Å². The van der Waals surface area contributed by atoms with Gasteiger partial charge in [0.25, 0.3) is 0 Å². The van der Waals surface area contributed by atoms with Crippen LogP contribution in [0.25, 0.3) is 0 Å². The molecular weight excluding hydrogens is 344 g/mol. The lowest BCUT2D eigenvalue weighted by atomic mass is 9.73. The number of amides is 2. The number of carboxylic acid groups (broad SMARTS) is 1. The van der Waals surface area contributed by atoms with Crippen molar-refractivity contribution >= 4 is 17.8 Å². The fourth-order valence-corrected chi connectivity index (χ4v) is 4.78. The molecule has 27 heavy (non-hydrogen) atoms. The average Bonchev–Trinajstić information content (AvgIpc) is 3.03. The number of aryl methyl sites for hydroxylation is 1. The molecular formula is C21H28N2O4. The standard InChI is InChI=1S/C21H28N2O4/c1-11(2)21(19(26)27)15-14(17(24)23(18(15)25)20(4,5)6)16(22-21)13-10-8-7-9-12(13)3/h7-11,14-16,22H,1-6H3,(H,26,27). The number of nitrogens with zero attached hydrogens (tertiary/aromatic N) is 1. The zero-order valence-corrected chi connectivity index (χ0v) is 16.7. The van der Waals surface area contributed by atoms with Crippen molar-refractivity contribution in [3.8, 4) is 0 Å². The van der Waals surface area contributed by atoms with Crippen LogP contribution in [0, 0.1) is 24.7 Å². The molecule has 4 unspecified atom stereocenters. The number of fused-ring (bicyclic) bond motifs is 1. The minimum atomic E-state index is -1.48. The number of nitrogens with one attached hydrogen (secondary N) is 1. The van der Waals surface area contributed by atoms with Crippen molar-refractivity contribution in [3.05, 3.63) is 35.4 Å². The van der Waals surface area contributed by atoms with E-state index >= 15 is 0 Å². The van der Waals surface area contributed by atoms with Crippen molar-refractivity contribution in [2.75, 3.05) is 0 Å². The number of hydrogen-bond acceptors (Lipinski definition) is 4. The summed E-state index contributed by atoms with van der Waals surface area (Å²) >= 11 is 0. The lowest BCUT2D eigenvalue weighted by Crippen LogP contribution is -2.60. The molecule has 4 atom stereocenters. The Morgan fingerprint density at radius 1 is 1.19 bits per heavy atom. The molecule has 6 heteroatoms. The first-order valence-electron chi connectivity index (χ1n) is 9.39. The molecule has 2 heterocycles. The average molecular weight is 372 g/mol. The van der Waals surface area contributed by atoms with E-state index in [4.69, 9.17) is 0 Å². The van der Waals surface area contributed by atoms with Crippen molar-refractivity contribution in [3.63, 3.8) is 0 Å². The van der Waals surface area contributed by atoms with Crippen molar-refractivity contribution < 1.29 is 19.5 Å². The van der Waals surface area contributed by atoms with Gasteiger partial charge in [-0.1, -0.05) is 38.1 Å². The summed E-state index contributed by atoms with van der Waals surface area (Å²) in [6.07, 6.45) is 0. The molecule has 2 aliphatic heterocycles. The van der Waals surface area contributed by atoms with E-state index in [0.717, 1.165) is 11.1 Å². The number of rotatable bonds is 3. The first kappa shape index (κ1) is 19.5. The Balaban J connectivity index is 2.23. The van der Waals surface area contributed by atoms with E-state index in [1.165, 1.54) is 4.90 Å².